The molecule has 6 heteroatoms. The molecular formula is C16H19ClN2O2Si. The van der Waals surface area contributed by atoms with E-state index in [9.17, 15) is 4.79 Å². The minimum atomic E-state index is -1.96. The zero-order valence-corrected chi connectivity index (χ0v) is 14.9. The topological polar surface area (TPSA) is 51.2 Å². The van der Waals surface area contributed by atoms with Crippen LogP contribution in [0.3, 0.4) is 0 Å². The molecule has 0 aliphatic carbocycles. The van der Waals surface area contributed by atoms with Gasteiger partial charge in [-0.25, -0.2) is 9.78 Å². The predicted molar refractivity (Wildman–Crippen MR) is 92.5 cm³/mol. The Hall–Kier alpha value is -1.85. The Labute approximate surface area is 136 Å². The van der Waals surface area contributed by atoms with Gasteiger partial charge in [-0.1, -0.05) is 17.7 Å². The number of hydrogen-bond donors (Lipinski definition) is 1. The molecule has 116 valence electrons. The predicted octanol–water partition coefficient (Wildman–Crippen LogP) is 4.78. The Morgan fingerprint density at radius 3 is 2.64 bits per heavy atom. The highest BCUT2D eigenvalue weighted by molar-refractivity contribution is 6.71. The normalized spacial score (nSPS) is 11.1. The molecule has 1 aromatic carbocycles. The number of rotatable bonds is 4. The summed E-state index contributed by atoms with van der Waals surface area (Å²) in [7, 11) is -1.96. The minimum absolute atomic E-state index is 0.352. The number of nitrogens with one attached hydrogen (secondary N) is 1. The van der Waals surface area contributed by atoms with Crippen LogP contribution in [0.4, 0.5) is 11.5 Å². The summed E-state index contributed by atoms with van der Waals surface area (Å²) in [6.45, 7) is 7.81. The summed E-state index contributed by atoms with van der Waals surface area (Å²) in [5.74, 6) is 0.116. The first-order valence-electron chi connectivity index (χ1n) is 6.98. The zero-order chi connectivity index (χ0) is 16.3. The number of benzene rings is 1. The molecule has 0 radical (unpaired) electrons. The van der Waals surface area contributed by atoms with Gasteiger partial charge in [0.2, 0.25) is 8.32 Å². The molecule has 0 saturated heterocycles. The van der Waals surface area contributed by atoms with Crippen molar-refractivity contribution < 1.29 is 9.22 Å². The molecule has 1 N–H and O–H groups in total. The van der Waals surface area contributed by atoms with Crippen molar-refractivity contribution in [1.82, 2.24) is 4.98 Å². The van der Waals surface area contributed by atoms with Gasteiger partial charge in [-0.3, -0.25) is 0 Å². The maximum atomic E-state index is 12.3. The number of hydrogen-bond acceptors (Lipinski definition) is 4. The number of carbonyl (C=O) groups excluding carboxylic acids is 1. The SMILES string of the molecule is Cc1c(Cl)cccc1Nc1ncccc1C(=O)O[Si](C)(C)C. The van der Waals surface area contributed by atoms with Gasteiger partial charge in [-0.2, -0.15) is 0 Å². The molecule has 2 aromatic rings. The maximum absolute atomic E-state index is 12.3. The van der Waals surface area contributed by atoms with Crippen LogP contribution < -0.4 is 5.32 Å². The van der Waals surface area contributed by atoms with Crippen molar-refractivity contribution in [2.24, 2.45) is 0 Å². The van der Waals surface area contributed by atoms with Crippen LogP contribution in [-0.2, 0) is 4.43 Å². The third kappa shape index (κ3) is 4.08. The van der Waals surface area contributed by atoms with Crippen LogP contribution in [0.25, 0.3) is 0 Å². The molecule has 1 heterocycles. The lowest BCUT2D eigenvalue weighted by atomic mass is 10.2. The molecule has 2 rings (SSSR count). The van der Waals surface area contributed by atoms with E-state index in [0.29, 0.717) is 16.4 Å². The molecule has 1 aromatic heterocycles. The van der Waals surface area contributed by atoms with Gasteiger partial charge in [-0.15, -0.1) is 0 Å². The third-order valence-corrected chi connectivity index (χ3v) is 4.15. The van der Waals surface area contributed by atoms with E-state index in [0.717, 1.165) is 11.3 Å². The van der Waals surface area contributed by atoms with E-state index in [-0.39, 0.29) is 5.97 Å². The van der Waals surface area contributed by atoms with Crippen LogP contribution >= 0.6 is 11.6 Å². The van der Waals surface area contributed by atoms with Crippen molar-refractivity contribution in [3.8, 4) is 0 Å². The Balaban J connectivity index is 2.33. The summed E-state index contributed by atoms with van der Waals surface area (Å²) >= 11 is 6.12. The molecule has 4 nitrogen and oxygen atoms in total. The summed E-state index contributed by atoms with van der Waals surface area (Å²) in [5.41, 5.74) is 2.14. The van der Waals surface area contributed by atoms with Crippen molar-refractivity contribution >= 4 is 37.4 Å². The maximum Gasteiger partial charge on any atom is 0.328 e. The quantitative estimate of drug-likeness (QED) is 0.817. The fourth-order valence-corrected chi connectivity index (χ4v) is 2.71. The smallest absolute Gasteiger partial charge is 0.328 e. The highest BCUT2D eigenvalue weighted by atomic mass is 35.5. The largest absolute Gasteiger partial charge is 0.516 e. The van der Waals surface area contributed by atoms with E-state index in [2.05, 4.69) is 10.3 Å². The van der Waals surface area contributed by atoms with Gasteiger partial charge in [0, 0.05) is 16.9 Å². The summed E-state index contributed by atoms with van der Waals surface area (Å²) in [5, 5.41) is 3.83. The molecular weight excluding hydrogens is 316 g/mol. The molecule has 0 fully saturated rings. The molecule has 0 aliphatic heterocycles. The Kier molecular flexibility index (Phi) is 4.88. The highest BCUT2D eigenvalue weighted by Crippen LogP contribution is 2.27. The number of anilines is 2. The number of nitrogens with zero attached hydrogens (tertiary/aromatic N) is 1. The summed E-state index contributed by atoms with van der Waals surface area (Å²) in [6, 6.07) is 8.99. The van der Waals surface area contributed by atoms with Gasteiger partial charge in [0.05, 0.1) is 0 Å². The molecule has 0 bridgehead atoms. The van der Waals surface area contributed by atoms with E-state index in [4.69, 9.17) is 16.0 Å². The summed E-state index contributed by atoms with van der Waals surface area (Å²) in [4.78, 5) is 16.6. The first kappa shape index (κ1) is 16.5. The van der Waals surface area contributed by atoms with Crippen molar-refractivity contribution in [2.45, 2.75) is 26.6 Å². The monoisotopic (exact) mass is 334 g/mol. The molecule has 0 saturated carbocycles. The molecule has 0 aliphatic rings. The Morgan fingerprint density at radius 2 is 1.95 bits per heavy atom. The summed E-state index contributed by atoms with van der Waals surface area (Å²) in [6.07, 6.45) is 1.63. The van der Waals surface area contributed by atoms with Gasteiger partial charge >= 0.3 is 5.97 Å². The van der Waals surface area contributed by atoms with Crippen LogP contribution in [0.5, 0.6) is 0 Å². The van der Waals surface area contributed by atoms with Gasteiger partial charge < -0.3 is 9.74 Å². The van der Waals surface area contributed by atoms with Gasteiger partial charge in [-0.05, 0) is 56.4 Å². The molecule has 22 heavy (non-hydrogen) atoms. The van der Waals surface area contributed by atoms with Crippen LogP contribution in [-0.4, -0.2) is 19.3 Å². The van der Waals surface area contributed by atoms with Gasteiger partial charge in [0.1, 0.15) is 11.4 Å². The van der Waals surface area contributed by atoms with Crippen LogP contribution in [0.1, 0.15) is 15.9 Å². The lowest BCUT2D eigenvalue weighted by Crippen LogP contribution is -2.29. The Morgan fingerprint density at radius 1 is 1.23 bits per heavy atom. The Bertz CT molecular complexity index is 699. The van der Waals surface area contributed by atoms with E-state index >= 15 is 0 Å². The van der Waals surface area contributed by atoms with Crippen LogP contribution in [0.2, 0.25) is 24.7 Å². The second-order valence-corrected chi connectivity index (χ2v) is 10.8. The molecule has 0 unspecified atom stereocenters. The number of aromatic nitrogens is 1. The zero-order valence-electron chi connectivity index (χ0n) is 13.1. The average molecular weight is 335 g/mol. The first-order chi connectivity index (χ1) is 10.3. The lowest BCUT2D eigenvalue weighted by molar-refractivity contribution is 0.0725. The number of carbonyl (C=O) groups is 1. The fraction of sp³-hybridized carbons (Fsp3) is 0.250. The van der Waals surface area contributed by atoms with Crippen molar-refractivity contribution in [3.05, 3.63) is 52.7 Å². The number of pyridine rings is 1. The minimum Gasteiger partial charge on any atom is -0.516 e. The standard InChI is InChI=1S/C16H19ClN2O2Si/c1-11-13(17)8-5-9-14(11)19-15-12(7-6-10-18-15)16(20)21-22(2,3)4/h5-10H,1-4H3,(H,18,19). The van der Waals surface area contributed by atoms with Crippen LogP contribution in [0.15, 0.2) is 36.5 Å². The lowest BCUT2D eigenvalue weighted by Gasteiger charge is -2.19. The molecule has 0 spiro atoms. The first-order valence-corrected chi connectivity index (χ1v) is 10.8. The number of halogens is 1. The average Bonchev–Trinajstić information content (AvgIpc) is 2.42. The molecule has 0 atom stereocenters. The second-order valence-electron chi connectivity index (χ2n) is 5.94. The second kappa shape index (κ2) is 6.50. The van der Waals surface area contributed by atoms with Gasteiger partial charge in [0.15, 0.2) is 0 Å². The van der Waals surface area contributed by atoms with Gasteiger partial charge in [0.25, 0.3) is 0 Å². The summed E-state index contributed by atoms with van der Waals surface area (Å²) < 4.78 is 5.55. The fourth-order valence-electron chi connectivity index (χ4n) is 1.87. The third-order valence-electron chi connectivity index (χ3n) is 2.95. The van der Waals surface area contributed by atoms with Crippen LogP contribution in [0, 0.1) is 6.92 Å². The van der Waals surface area contributed by atoms with E-state index in [1.165, 1.54) is 0 Å². The van der Waals surface area contributed by atoms with E-state index in [1.807, 2.05) is 44.8 Å². The van der Waals surface area contributed by atoms with E-state index in [1.54, 1.807) is 18.3 Å². The van der Waals surface area contributed by atoms with Crippen molar-refractivity contribution in [3.63, 3.8) is 0 Å². The van der Waals surface area contributed by atoms with E-state index < -0.39 is 8.32 Å². The molecule has 0 amide bonds. The highest BCUT2D eigenvalue weighted by Gasteiger charge is 2.23. The van der Waals surface area contributed by atoms with Crippen molar-refractivity contribution in [1.29, 1.82) is 0 Å². The van der Waals surface area contributed by atoms with Crippen molar-refractivity contribution in [2.75, 3.05) is 5.32 Å².